The van der Waals surface area contributed by atoms with Gasteiger partial charge in [-0.1, -0.05) is 29.0 Å². The molecule has 0 unspecified atom stereocenters. The average molecular weight is 502 g/mol. The number of nitrogens with one attached hydrogen (secondary N) is 2. The SMILES string of the molecule is C/C(=C\c1nc(-c2ccc(Cl)c(C#Cc3cnc(NC4CC4)nc3)c2)[nH]c1C)CN1CCN(C)CC1. The smallest absolute Gasteiger partial charge is 0.222 e. The number of aryl methyl sites for hydroxylation is 1. The Labute approximate surface area is 218 Å². The van der Waals surface area contributed by atoms with Crippen LogP contribution in [0.3, 0.4) is 0 Å². The number of halogens is 1. The van der Waals surface area contributed by atoms with Crippen LogP contribution in [0.1, 0.15) is 42.3 Å². The molecule has 0 spiro atoms. The Morgan fingerprint density at radius 2 is 1.92 bits per heavy atom. The zero-order valence-corrected chi connectivity index (χ0v) is 21.9. The van der Waals surface area contributed by atoms with Gasteiger partial charge in [-0.15, -0.1) is 0 Å². The Balaban J connectivity index is 1.30. The van der Waals surface area contributed by atoms with Crippen molar-refractivity contribution in [2.24, 2.45) is 0 Å². The molecule has 1 aliphatic carbocycles. The van der Waals surface area contributed by atoms with Gasteiger partial charge in [-0.2, -0.15) is 0 Å². The number of hydrogen-bond donors (Lipinski definition) is 2. The number of aromatic nitrogens is 4. The van der Waals surface area contributed by atoms with Gasteiger partial charge < -0.3 is 15.2 Å². The van der Waals surface area contributed by atoms with Crippen molar-refractivity contribution >= 4 is 23.6 Å². The normalized spacial score (nSPS) is 17.1. The van der Waals surface area contributed by atoms with E-state index in [1.165, 1.54) is 18.4 Å². The van der Waals surface area contributed by atoms with Crippen LogP contribution in [0, 0.1) is 18.8 Å². The number of aromatic amines is 1. The van der Waals surface area contributed by atoms with Gasteiger partial charge in [-0.3, -0.25) is 4.90 Å². The number of anilines is 1. The second-order valence-electron chi connectivity index (χ2n) is 9.82. The first-order chi connectivity index (χ1) is 17.4. The van der Waals surface area contributed by atoms with Crippen LogP contribution in [-0.4, -0.2) is 75.5 Å². The predicted octanol–water partition coefficient (Wildman–Crippen LogP) is 4.45. The Morgan fingerprint density at radius 3 is 2.64 bits per heavy atom. The Bertz CT molecular complexity index is 1300. The molecule has 0 bridgehead atoms. The van der Waals surface area contributed by atoms with E-state index < -0.39 is 0 Å². The summed E-state index contributed by atoms with van der Waals surface area (Å²) in [6.07, 6.45) is 8.03. The fourth-order valence-corrected chi connectivity index (χ4v) is 4.34. The number of likely N-dealkylation sites (N-methyl/N-ethyl adjacent to an activating group) is 1. The first kappa shape index (κ1) is 24.5. The molecule has 1 aromatic carbocycles. The van der Waals surface area contributed by atoms with Crippen molar-refractivity contribution in [2.75, 3.05) is 45.1 Å². The van der Waals surface area contributed by atoms with Gasteiger partial charge in [0.15, 0.2) is 0 Å². The molecule has 1 saturated heterocycles. The molecule has 2 aromatic heterocycles. The standard InChI is InChI=1S/C28H32ClN7/c1-19(18-36-12-10-35(3)11-13-36)14-26-20(2)32-27(34-26)23-6-9-25(29)22(15-23)5-4-21-16-30-28(31-17-21)33-24-7-8-24/h6,9,14-17,24H,7-8,10-13,18H2,1-3H3,(H,32,34)(H,30,31,33)/b19-14+. The van der Waals surface area contributed by atoms with Crippen LogP contribution in [0.2, 0.25) is 5.02 Å². The minimum atomic E-state index is 0.519. The van der Waals surface area contributed by atoms with Gasteiger partial charge in [0.25, 0.3) is 0 Å². The van der Waals surface area contributed by atoms with Crippen molar-refractivity contribution in [3.63, 3.8) is 0 Å². The van der Waals surface area contributed by atoms with Gasteiger partial charge >= 0.3 is 0 Å². The van der Waals surface area contributed by atoms with E-state index in [-0.39, 0.29) is 0 Å². The summed E-state index contributed by atoms with van der Waals surface area (Å²) < 4.78 is 0. The highest BCUT2D eigenvalue weighted by Crippen LogP contribution is 2.25. The molecule has 3 heterocycles. The maximum Gasteiger partial charge on any atom is 0.222 e. The summed E-state index contributed by atoms with van der Waals surface area (Å²) >= 11 is 6.45. The zero-order valence-electron chi connectivity index (χ0n) is 21.1. The number of hydrogen-bond acceptors (Lipinski definition) is 6. The fraction of sp³-hybridized carbons (Fsp3) is 0.393. The molecule has 3 aromatic rings. The molecule has 2 aliphatic rings. The van der Waals surface area contributed by atoms with Crippen LogP contribution >= 0.6 is 11.6 Å². The monoisotopic (exact) mass is 501 g/mol. The number of piperazine rings is 1. The summed E-state index contributed by atoms with van der Waals surface area (Å²) in [6.45, 7) is 9.66. The summed E-state index contributed by atoms with van der Waals surface area (Å²) in [6, 6.07) is 6.33. The molecular weight excluding hydrogens is 470 g/mol. The molecule has 1 aliphatic heterocycles. The lowest BCUT2D eigenvalue weighted by molar-refractivity contribution is 0.164. The summed E-state index contributed by atoms with van der Waals surface area (Å²) in [5, 5.41) is 3.88. The first-order valence-corrected chi connectivity index (χ1v) is 12.9. The quantitative estimate of drug-likeness (QED) is 0.486. The number of rotatable bonds is 6. The third-order valence-electron chi connectivity index (χ3n) is 6.52. The zero-order chi connectivity index (χ0) is 25.1. The molecule has 0 radical (unpaired) electrons. The fourth-order valence-electron chi connectivity index (χ4n) is 4.17. The van der Waals surface area contributed by atoms with Gasteiger partial charge in [0.2, 0.25) is 5.95 Å². The highest BCUT2D eigenvalue weighted by atomic mass is 35.5. The van der Waals surface area contributed by atoms with Crippen molar-refractivity contribution in [2.45, 2.75) is 32.7 Å². The van der Waals surface area contributed by atoms with E-state index in [9.17, 15) is 0 Å². The lowest BCUT2D eigenvalue weighted by atomic mass is 10.1. The lowest BCUT2D eigenvalue weighted by Gasteiger charge is -2.32. The van der Waals surface area contributed by atoms with E-state index in [1.807, 2.05) is 18.2 Å². The van der Waals surface area contributed by atoms with E-state index in [2.05, 4.69) is 68.9 Å². The largest absolute Gasteiger partial charge is 0.351 e. The van der Waals surface area contributed by atoms with E-state index in [4.69, 9.17) is 16.6 Å². The van der Waals surface area contributed by atoms with E-state index in [0.29, 0.717) is 17.0 Å². The van der Waals surface area contributed by atoms with E-state index >= 15 is 0 Å². The predicted molar refractivity (Wildman–Crippen MR) is 146 cm³/mol. The van der Waals surface area contributed by atoms with Crippen LogP contribution in [0.15, 0.2) is 36.2 Å². The molecule has 8 heteroatoms. The van der Waals surface area contributed by atoms with E-state index in [1.54, 1.807) is 12.4 Å². The topological polar surface area (TPSA) is 73.0 Å². The van der Waals surface area contributed by atoms with Crippen molar-refractivity contribution < 1.29 is 0 Å². The van der Waals surface area contributed by atoms with Gasteiger partial charge in [-0.05, 0) is 58.0 Å². The average Bonchev–Trinajstić information content (AvgIpc) is 3.61. The molecule has 2 fully saturated rings. The van der Waals surface area contributed by atoms with Crippen molar-refractivity contribution in [3.05, 3.63) is 63.7 Å². The Hall–Kier alpha value is -3.18. The number of H-pyrrole nitrogens is 1. The molecule has 7 nitrogen and oxygen atoms in total. The van der Waals surface area contributed by atoms with Crippen LogP contribution in [0.25, 0.3) is 17.5 Å². The molecule has 5 rings (SSSR count). The third-order valence-corrected chi connectivity index (χ3v) is 6.85. The third kappa shape index (κ3) is 6.33. The van der Waals surface area contributed by atoms with Crippen LogP contribution in [0.5, 0.6) is 0 Å². The second-order valence-corrected chi connectivity index (χ2v) is 10.2. The highest BCUT2D eigenvalue weighted by Gasteiger charge is 2.21. The summed E-state index contributed by atoms with van der Waals surface area (Å²) in [4.78, 5) is 21.9. The maximum absolute atomic E-state index is 6.45. The van der Waals surface area contributed by atoms with Gasteiger partial charge in [-0.25, -0.2) is 15.0 Å². The van der Waals surface area contributed by atoms with Crippen LogP contribution in [-0.2, 0) is 0 Å². The van der Waals surface area contributed by atoms with Crippen molar-refractivity contribution in [1.82, 2.24) is 29.7 Å². The summed E-state index contributed by atoms with van der Waals surface area (Å²) in [5.41, 5.74) is 5.76. The van der Waals surface area contributed by atoms with Crippen LogP contribution in [0.4, 0.5) is 5.95 Å². The molecule has 1 saturated carbocycles. The van der Waals surface area contributed by atoms with Crippen molar-refractivity contribution in [3.8, 4) is 23.2 Å². The van der Waals surface area contributed by atoms with E-state index in [0.717, 1.165) is 66.6 Å². The Kier molecular flexibility index (Phi) is 7.38. The number of benzene rings is 1. The second kappa shape index (κ2) is 10.8. The highest BCUT2D eigenvalue weighted by molar-refractivity contribution is 6.31. The molecule has 186 valence electrons. The maximum atomic E-state index is 6.45. The minimum Gasteiger partial charge on any atom is -0.351 e. The van der Waals surface area contributed by atoms with Gasteiger partial charge in [0.1, 0.15) is 5.82 Å². The molecule has 0 atom stereocenters. The Morgan fingerprint density at radius 1 is 1.17 bits per heavy atom. The lowest BCUT2D eigenvalue weighted by Crippen LogP contribution is -2.44. The molecule has 2 N–H and O–H groups in total. The van der Waals surface area contributed by atoms with Crippen molar-refractivity contribution in [1.29, 1.82) is 0 Å². The number of imidazole rings is 1. The molecule has 0 amide bonds. The summed E-state index contributed by atoms with van der Waals surface area (Å²) in [5.74, 6) is 7.76. The summed E-state index contributed by atoms with van der Waals surface area (Å²) in [7, 11) is 2.18. The van der Waals surface area contributed by atoms with Gasteiger partial charge in [0.05, 0.1) is 16.3 Å². The van der Waals surface area contributed by atoms with Crippen LogP contribution < -0.4 is 5.32 Å². The molecule has 36 heavy (non-hydrogen) atoms. The molecular formula is C28H32ClN7. The minimum absolute atomic E-state index is 0.519. The first-order valence-electron chi connectivity index (χ1n) is 12.5. The van der Waals surface area contributed by atoms with Gasteiger partial charge in [0, 0.05) is 68.0 Å². The number of nitrogens with zero attached hydrogens (tertiary/aromatic N) is 5.